The van der Waals surface area contributed by atoms with Crippen molar-refractivity contribution in [2.75, 3.05) is 24.5 Å². The predicted octanol–water partition coefficient (Wildman–Crippen LogP) is 2.09. The Labute approximate surface area is 113 Å². The number of hydrogen-bond donors (Lipinski definition) is 0. The second-order valence-corrected chi connectivity index (χ2v) is 6.29. The van der Waals surface area contributed by atoms with E-state index in [2.05, 4.69) is 11.8 Å². The Morgan fingerprint density at radius 1 is 1.33 bits per heavy atom. The molecule has 1 aromatic carbocycles. The van der Waals surface area contributed by atoms with Crippen LogP contribution >= 0.6 is 11.6 Å². The summed E-state index contributed by atoms with van der Waals surface area (Å²) >= 11 is 5.50. The number of benzene rings is 1. The minimum absolute atomic E-state index is 0.128. The Morgan fingerprint density at radius 2 is 2.06 bits per heavy atom. The molecule has 0 aliphatic heterocycles. The predicted molar refractivity (Wildman–Crippen MR) is 73.9 cm³/mol. The van der Waals surface area contributed by atoms with Crippen LogP contribution in [-0.4, -0.2) is 32.9 Å². The summed E-state index contributed by atoms with van der Waals surface area (Å²) in [6.45, 7) is 0.354. The smallest absolute Gasteiger partial charge is 0.147 e. The third-order valence-electron chi connectivity index (χ3n) is 2.09. The second kappa shape index (κ2) is 7.30. The molecular weight excluding hydrogens is 272 g/mol. The van der Waals surface area contributed by atoms with Crippen LogP contribution < -0.4 is 4.74 Å². The molecule has 0 saturated carbocycles. The van der Waals surface area contributed by atoms with Gasteiger partial charge in [-0.2, -0.15) is 0 Å². The quantitative estimate of drug-likeness (QED) is 0.473. The van der Waals surface area contributed by atoms with Crippen LogP contribution in [0.15, 0.2) is 24.3 Å². The summed E-state index contributed by atoms with van der Waals surface area (Å²) in [6.07, 6.45) is 1.68. The van der Waals surface area contributed by atoms with Gasteiger partial charge in [0, 0.05) is 6.26 Å². The van der Waals surface area contributed by atoms with Crippen molar-refractivity contribution in [2.24, 2.45) is 0 Å². The van der Waals surface area contributed by atoms with E-state index in [0.29, 0.717) is 18.8 Å². The van der Waals surface area contributed by atoms with Crippen molar-refractivity contribution in [1.82, 2.24) is 0 Å². The lowest BCUT2D eigenvalue weighted by Crippen LogP contribution is -2.08. The van der Waals surface area contributed by atoms with Crippen molar-refractivity contribution in [3.8, 4) is 17.6 Å². The lowest BCUT2D eigenvalue weighted by atomic mass is 10.2. The Bertz CT molecular complexity index is 541. The zero-order valence-electron chi connectivity index (χ0n) is 10.1. The minimum Gasteiger partial charge on any atom is -0.492 e. The van der Waals surface area contributed by atoms with Gasteiger partial charge in [0.2, 0.25) is 0 Å². The van der Waals surface area contributed by atoms with E-state index < -0.39 is 9.84 Å². The van der Waals surface area contributed by atoms with Crippen LogP contribution in [0.2, 0.25) is 0 Å². The molecule has 0 unspecified atom stereocenters. The molecule has 0 aliphatic rings. The van der Waals surface area contributed by atoms with E-state index in [0.717, 1.165) is 5.56 Å². The maximum absolute atomic E-state index is 11.0. The summed E-state index contributed by atoms with van der Waals surface area (Å²) in [7, 11) is -2.93. The lowest BCUT2D eigenvalue weighted by molar-refractivity contribution is 0.317. The van der Waals surface area contributed by atoms with Crippen molar-refractivity contribution in [1.29, 1.82) is 0 Å². The van der Waals surface area contributed by atoms with Crippen molar-refractivity contribution >= 4 is 21.4 Å². The standard InChI is InChI=1S/C13H15ClO3S/c1-18(15,16)11-5-10-17-13-8-3-2-6-12(13)7-4-9-14/h2-3,6,8H,5,9-11H2,1H3. The maximum atomic E-state index is 11.0. The van der Waals surface area contributed by atoms with Gasteiger partial charge in [-0.25, -0.2) is 8.42 Å². The molecule has 0 amide bonds. The molecule has 1 rings (SSSR count). The molecule has 0 aliphatic carbocycles. The van der Waals surface area contributed by atoms with Gasteiger partial charge in [0.25, 0.3) is 0 Å². The monoisotopic (exact) mass is 286 g/mol. The molecule has 98 valence electrons. The number of halogens is 1. The van der Waals surface area contributed by atoms with Crippen LogP contribution in [-0.2, 0) is 9.84 Å². The van der Waals surface area contributed by atoms with Gasteiger partial charge in [-0.3, -0.25) is 0 Å². The SMILES string of the molecule is CS(=O)(=O)CCCOc1ccccc1C#CCCl. The molecule has 0 atom stereocenters. The van der Waals surface area contributed by atoms with Gasteiger partial charge < -0.3 is 4.74 Å². The molecule has 1 aromatic rings. The molecule has 3 nitrogen and oxygen atoms in total. The average Bonchev–Trinajstić information content (AvgIpc) is 2.32. The van der Waals surface area contributed by atoms with Crippen molar-refractivity contribution in [2.45, 2.75) is 6.42 Å². The molecule has 18 heavy (non-hydrogen) atoms. The second-order valence-electron chi connectivity index (χ2n) is 3.76. The van der Waals surface area contributed by atoms with Crippen molar-refractivity contribution in [3.63, 3.8) is 0 Å². The highest BCUT2D eigenvalue weighted by Gasteiger charge is 2.03. The molecule has 0 N–H and O–H groups in total. The molecule has 0 fully saturated rings. The Kier molecular flexibility index (Phi) is 6.03. The highest BCUT2D eigenvalue weighted by molar-refractivity contribution is 7.90. The van der Waals surface area contributed by atoms with Gasteiger partial charge in [-0.1, -0.05) is 24.0 Å². The van der Waals surface area contributed by atoms with E-state index in [9.17, 15) is 8.42 Å². The fourth-order valence-electron chi connectivity index (χ4n) is 1.33. The zero-order valence-corrected chi connectivity index (χ0v) is 11.7. The molecule has 0 spiro atoms. The Hall–Kier alpha value is -1.18. The number of hydrogen-bond acceptors (Lipinski definition) is 3. The topological polar surface area (TPSA) is 43.4 Å². The molecule has 0 aromatic heterocycles. The van der Waals surface area contributed by atoms with Gasteiger partial charge >= 0.3 is 0 Å². The van der Waals surface area contributed by atoms with E-state index in [4.69, 9.17) is 16.3 Å². The summed E-state index contributed by atoms with van der Waals surface area (Å²) in [5.74, 6) is 6.70. The summed E-state index contributed by atoms with van der Waals surface area (Å²) in [5.41, 5.74) is 0.762. The molecule has 5 heteroatoms. The van der Waals surface area contributed by atoms with E-state index in [-0.39, 0.29) is 11.6 Å². The largest absolute Gasteiger partial charge is 0.492 e. The van der Waals surface area contributed by atoms with Gasteiger partial charge in [-0.15, -0.1) is 11.6 Å². The average molecular weight is 287 g/mol. The van der Waals surface area contributed by atoms with Crippen LogP contribution in [0.4, 0.5) is 0 Å². The highest BCUT2D eigenvalue weighted by Crippen LogP contribution is 2.16. The first-order chi connectivity index (χ1) is 8.53. The zero-order chi connectivity index (χ0) is 13.4. The summed E-state index contributed by atoms with van der Waals surface area (Å²) in [5, 5.41) is 0. The van der Waals surface area contributed by atoms with E-state index in [1.54, 1.807) is 6.07 Å². The van der Waals surface area contributed by atoms with Crippen molar-refractivity contribution in [3.05, 3.63) is 29.8 Å². The van der Waals surface area contributed by atoms with Crippen LogP contribution in [0.3, 0.4) is 0 Å². The first kappa shape index (κ1) is 14.9. The molecule has 0 bridgehead atoms. The van der Waals surface area contributed by atoms with Gasteiger partial charge in [0.05, 0.1) is 23.8 Å². The first-order valence-electron chi connectivity index (χ1n) is 5.47. The summed E-state index contributed by atoms with van der Waals surface area (Å²) < 4.78 is 27.4. The third kappa shape index (κ3) is 5.95. The first-order valence-corrected chi connectivity index (χ1v) is 8.07. The van der Waals surface area contributed by atoms with Crippen molar-refractivity contribution < 1.29 is 13.2 Å². The molecule has 0 saturated heterocycles. The number of sulfone groups is 1. The lowest BCUT2D eigenvalue weighted by Gasteiger charge is -2.07. The summed E-state index contributed by atoms with van der Waals surface area (Å²) in [6, 6.07) is 7.35. The number of alkyl halides is 1. The normalized spacial score (nSPS) is 10.6. The Morgan fingerprint density at radius 3 is 2.72 bits per heavy atom. The van der Waals surface area contributed by atoms with E-state index in [1.165, 1.54) is 6.26 Å². The van der Waals surface area contributed by atoms with Crippen LogP contribution in [0.1, 0.15) is 12.0 Å². The minimum atomic E-state index is -2.93. The number of ether oxygens (including phenoxy) is 1. The Balaban J connectivity index is 2.57. The third-order valence-corrected chi connectivity index (χ3v) is 3.26. The molecule has 0 heterocycles. The fraction of sp³-hybridized carbons (Fsp3) is 0.385. The van der Waals surface area contributed by atoms with Gasteiger partial charge in [0.15, 0.2) is 0 Å². The van der Waals surface area contributed by atoms with Crippen LogP contribution in [0, 0.1) is 11.8 Å². The molecular formula is C13H15ClO3S. The number of rotatable bonds is 5. The fourth-order valence-corrected chi connectivity index (χ4v) is 2.04. The van der Waals surface area contributed by atoms with E-state index >= 15 is 0 Å². The molecule has 0 radical (unpaired) electrons. The maximum Gasteiger partial charge on any atom is 0.147 e. The highest BCUT2D eigenvalue weighted by atomic mass is 35.5. The van der Waals surface area contributed by atoms with E-state index in [1.807, 2.05) is 18.2 Å². The van der Waals surface area contributed by atoms with Gasteiger partial charge in [-0.05, 0) is 18.6 Å². The summed E-state index contributed by atoms with van der Waals surface area (Å²) in [4.78, 5) is 0. The van der Waals surface area contributed by atoms with Crippen LogP contribution in [0.5, 0.6) is 5.75 Å². The van der Waals surface area contributed by atoms with Gasteiger partial charge in [0.1, 0.15) is 15.6 Å². The van der Waals surface area contributed by atoms with Crippen LogP contribution in [0.25, 0.3) is 0 Å². The number of para-hydroxylation sites is 1.